The second kappa shape index (κ2) is 7.78. The van der Waals surface area contributed by atoms with Crippen LogP contribution in [0.1, 0.15) is 48.5 Å². The van der Waals surface area contributed by atoms with Crippen molar-refractivity contribution in [3.63, 3.8) is 0 Å². The lowest BCUT2D eigenvalue weighted by molar-refractivity contribution is 0.0953. The summed E-state index contributed by atoms with van der Waals surface area (Å²) in [5, 5.41) is 6.75. The lowest BCUT2D eigenvalue weighted by atomic mass is 10.0. The van der Waals surface area contributed by atoms with Gasteiger partial charge in [-0.25, -0.2) is 0 Å². The molecule has 1 fully saturated rings. The van der Waals surface area contributed by atoms with E-state index >= 15 is 0 Å². The Hall–Kier alpha value is -2.10. The molecule has 1 amide bonds. The third kappa shape index (κ3) is 4.72. The van der Waals surface area contributed by atoms with Gasteiger partial charge in [0, 0.05) is 18.8 Å². The first-order valence-electron chi connectivity index (χ1n) is 7.88. The summed E-state index contributed by atoms with van der Waals surface area (Å²) in [7, 11) is 0. The number of carbonyl (C=O) groups excluding carboxylic acids is 1. The Balaban J connectivity index is 1.76. The molecule has 0 radical (unpaired) electrons. The number of benzene rings is 1. The van der Waals surface area contributed by atoms with Gasteiger partial charge in [-0.05, 0) is 57.2 Å². The molecule has 4 nitrogen and oxygen atoms in total. The van der Waals surface area contributed by atoms with Crippen LogP contribution in [0.5, 0.6) is 0 Å². The summed E-state index contributed by atoms with van der Waals surface area (Å²) < 4.78 is 0. The molecule has 1 aromatic rings. The van der Waals surface area contributed by atoms with Crippen molar-refractivity contribution in [2.45, 2.75) is 45.6 Å². The standard InChI is InChI=1S/C18H25N3O/c1-13-6-8-16(9-7-13)18(22)20-12-4-5-17(15-10-11-15)14(2)21-19-3/h6-9,14,21H,3-5,10-12H2,1-2H3,(H,20,22). The maximum atomic E-state index is 12.0. The molecular formula is C18H25N3O. The van der Waals surface area contributed by atoms with Crippen molar-refractivity contribution in [3.8, 4) is 0 Å². The number of hydrogen-bond acceptors (Lipinski definition) is 3. The van der Waals surface area contributed by atoms with Gasteiger partial charge in [0.2, 0.25) is 0 Å². The normalized spacial score (nSPS) is 14.2. The Kier molecular flexibility index (Phi) is 5.75. The second-order valence-corrected chi connectivity index (χ2v) is 5.86. The molecule has 1 aliphatic rings. The molecule has 1 aliphatic carbocycles. The van der Waals surface area contributed by atoms with Crippen molar-refractivity contribution in [3.05, 3.63) is 46.5 Å². The number of nitrogens with zero attached hydrogens (tertiary/aromatic N) is 1. The molecule has 2 N–H and O–H groups in total. The lowest BCUT2D eigenvalue weighted by Crippen LogP contribution is -2.26. The predicted octanol–water partition coefficient (Wildman–Crippen LogP) is 3.19. The number of amides is 1. The highest BCUT2D eigenvalue weighted by molar-refractivity contribution is 5.94. The summed E-state index contributed by atoms with van der Waals surface area (Å²) in [6.07, 6.45) is 4.34. The van der Waals surface area contributed by atoms with Gasteiger partial charge in [-0.2, -0.15) is 5.10 Å². The van der Waals surface area contributed by atoms with Gasteiger partial charge in [-0.1, -0.05) is 23.3 Å². The third-order valence-electron chi connectivity index (χ3n) is 3.98. The molecule has 0 aromatic heterocycles. The molecule has 1 unspecified atom stereocenters. The van der Waals surface area contributed by atoms with Crippen molar-refractivity contribution in [2.24, 2.45) is 5.10 Å². The Morgan fingerprint density at radius 3 is 2.59 bits per heavy atom. The van der Waals surface area contributed by atoms with Gasteiger partial charge in [0.15, 0.2) is 0 Å². The summed E-state index contributed by atoms with van der Waals surface area (Å²) >= 11 is 0. The highest BCUT2D eigenvalue weighted by atomic mass is 16.1. The smallest absolute Gasteiger partial charge is 0.251 e. The van der Waals surface area contributed by atoms with Gasteiger partial charge >= 0.3 is 0 Å². The average molecular weight is 299 g/mol. The van der Waals surface area contributed by atoms with Crippen LogP contribution in [0, 0.1) is 6.92 Å². The molecular weight excluding hydrogens is 274 g/mol. The molecule has 4 heteroatoms. The van der Waals surface area contributed by atoms with Crippen LogP contribution in [-0.2, 0) is 0 Å². The van der Waals surface area contributed by atoms with Gasteiger partial charge in [-0.15, -0.1) is 0 Å². The van der Waals surface area contributed by atoms with Crippen molar-refractivity contribution >= 4 is 12.6 Å². The van der Waals surface area contributed by atoms with Crippen LogP contribution < -0.4 is 10.7 Å². The Morgan fingerprint density at radius 2 is 2.00 bits per heavy atom. The molecule has 0 saturated heterocycles. The van der Waals surface area contributed by atoms with E-state index in [1.165, 1.54) is 24.0 Å². The van der Waals surface area contributed by atoms with E-state index in [1.54, 1.807) is 0 Å². The van der Waals surface area contributed by atoms with Gasteiger partial charge in [0.25, 0.3) is 5.91 Å². The fourth-order valence-corrected chi connectivity index (χ4v) is 2.59. The number of rotatable bonds is 8. The third-order valence-corrected chi connectivity index (χ3v) is 3.98. The number of nitrogens with one attached hydrogen (secondary N) is 2. The highest BCUT2D eigenvalue weighted by Crippen LogP contribution is 2.34. The number of aryl methyl sites for hydroxylation is 1. The summed E-state index contributed by atoms with van der Waals surface area (Å²) in [5.41, 5.74) is 7.86. The molecule has 0 bridgehead atoms. The first-order chi connectivity index (χ1) is 10.6. The minimum Gasteiger partial charge on any atom is -0.352 e. The quantitative estimate of drug-likeness (QED) is 0.335. The Labute approximate surface area is 132 Å². The molecule has 1 atom stereocenters. The van der Waals surface area contributed by atoms with Crippen LogP contribution in [0.25, 0.3) is 0 Å². The van der Waals surface area contributed by atoms with Crippen LogP contribution in [0.3, 0.4) is 0 Å². The molecule has 0 aliphatic heterocycles. The zero-order valence-corrected chi connectivity index (χ0v) is 13.5. The minimum absolute atomic E-state index is 0.000410. The van der Waals surface area contributed by atoms with Crippen LogP contribution in [0.15, 0.2) is 40.5 Å². The summed E-state index contributed by atoms with van der Waals surface area (Å²) in [5.74, 6) is -0.000410. The fourth-order valence-electron chi connectivity index (χ4n) is 2.59. The van der Waals surface area contributed by atoms with Crippen molar-refractivity contribution in [1.82, 2.24) is 10.7 Å². The highest BCUT2D eigenvalue weighted by Gasteiger charge is 2.21. The van der Waals surface area contributed by atoms with Crippen molar-refractivity contribution < 1.29 is 4.79 Å². The lowest BCUT2D eigenvalue weighted by Gasteiger charge is -2.16. The van der Waals surface area contributed by atoms with Gasteiger partial charge in [0.05, 0.1) is 6.04 Å². The Morgan fingerprint density at radius 1 is 1.32 bits per heavy atom. The molecule has 0 spiro atoms. The summed E-state index contributed by atoms with van der Waals surface area (Å²) in [6, 6.07) is 7.89. The zero-order valence-electron chi connectivity index (χ0n) is 13.5. The monoisotopic (exact) mass is 299 g/mol. The van der Waals surface area contributed by atoms with Gasteiger partial charge in [-0.3, -0.25) is 4.79 Å². The van der Waals surface area contributed by atoms with E-state index in [1.807, 2.05) is 31.2 Å². The number of hydrogen-bond donors (Lipinski definition) is 2. The van der Waals surface area contributed by atoms with Crippen LogP contribution >= 0.6 is 0 Å². The van der Waals surface area contributed by atoms with E-state index in [9.17, 15) is 4.79 Å². The van der Waals surface area contributed by atoms with E-state index < -0.39 is 0 Å². The number of hydrazone groups is 1. The Bertz CT molecular complexity index is 554. The topological polar surface area (TPSA) is 53.5 Å². The largest absolute Gasteiger partial charge is 0.352 e. The van der Waals surface area contributed by atoms with Crippen molar-refractivity contribution in [2.75, 3.05) is 6.54 Å². The van der Waals surface area contributed by atoms with E-state index in [4.69, 9.17) is 0 Å². The number of allylic oxidation sites excluding steroid dienone is 1. The van der Waals surface area contributed by atoms with Crippen LogP contribution in [0.4, 0.5) is 0 Å². The molecule has 0 heterocycles. The van der Waals surface area contributed by atoms with Crippen LogP contribution in [-0.4, -0.2) is 25.2 Å². The van der Waals surface area contributed by atoms with Crippen molar-refractivity contribution in [1.29, 1.82) is 0 Å². The predicted molar refractivity (Wildman–Crippen MR) is 91.2 cm³/mol. The van der Waals surface area contributed by atoms with E-state index in [2.05, 4.69) is 29.5 Å². The maximum absolute atomic E-state index is 12.0. The van der Waals surface area contributed by atoms with Crippen LogP contribution in [0.2, 0.25) is 0 Å². The molecule has 1 aromatic carbocycles. The fraction of sp³-hybridized carbons (Fsp3) is 0.444. The molecule has 2 rings (SSSR count). The SMILES string of the molecule is C=NNC(C)C(CCCNC(=O)c1ccc(C)cc1)=C1CC1. The van der Waals surface area contributed by atoms with Gasteiger partial charge in [0.1, 0.15) is 0 Å². The molecule has 1 saturated carbocycles. The number of carbonyl (C=O) groups is 1. The minimum atomic E-state index is -0.000410. The van der Waals surface area contributed by atoms with E-state index in [-0.39, 0.29) is 11.9 Å². The first kappa shape index (κ1) is 16.3. The zero-order chi connectivity index (χ0) is 15.9. The summed E-state index contributed by atoms with van der Waals surface area (Å²) in [4.78, 5) is 12.0. The molecule has 118 valence electrons. The molecule has 22 heavy (non-hydrogen) atoms. The maximum Gasteiger partial charge on any atom is 0.251 e. The van der Waals surface area contributed by atoms with Gasteiger partial charge < -0.3 is 10.7 Å². The second-order valence-electron chi connectivity index (χ2n) is 5.86. The average Bonchev–Trinajstić information content (AvgIpc) is 3.32. The van der Waals surface area contributed by atoms with E-state index in [0.717, 1.165) is 24.0 Å². The first-order valence-corrected chi connectivity index (χ1v) is 7.88. The summed E-state index contributed by atoms with van der Waals surface area (Å²) in [6.45, 7) is 8.30. The van der Waals surface area contributed by atoms with E-state index in [0.29, 0.717) is 6.54 Å².